The van der Waals surface area contributed by atoms with Gasteiger partial charge in [0.15, 0.2) is 0 Å². The molecule has 30 heavy (non-hydrogen) atoms. The van der Waals surface area contributed by atoms with Crippen LogP contribution < -0.4 is 10.9 Å². The number of rotatable bonds is 1. The summed E-state index contributed by atoms with van der Waals surface area (Å²) in [4.78, 5) is 61.7. The van der Waals surface area contributed by atoms with Crippen molar-refractivity contribution < 1.29 is 24.3 Å². The zero-order chi connectivity index (χ0) is 21.8. The standard InChI is InChI=1S/C19H24N4O4.CH2O2/c1-12(24)22-9-13-8-14(10-22)18(23-15(13)4-2-5-17(23)26)19(27)21-7-3-6-20-16(25)11-21;2-1-3/h2,4-5,13-14,18H,3,6-11H2,1H3,(H,20,25);1H,(H,2,3)/t13-,14+,18-;/m1./s1. The number of likely N-dealkylation sites (tertiary alicyclic amines) is 1. The predicted molar refractivity (Wildman–Crippen MR) is 106 cm³/mol. The molecule has 1 aromatic heterocycles. The second-order valence-corrected chi connectivity index (χ2v) is 7.79. The molecule has 10 nitrogen and oxygen atoms in total. The van der Waals surface area contributed by atoms with Crippen LogP contribution in [0.3, 0.4) is 0 Å². The minimum atomic E-state index is -0.669. The van der Waals surface area contributed by atoms with Crippen LogP contribution in [0.2, 0.25) is 0 Å². The average molecular weight is 418 g/mol. The molecule has 3 atom stereocenters. The molecule has 3 aliphatic heterocycles. The fourth-order valence-electron chi connectivity index (χ4n) is 4.69. The van der Waals surface area contributed by atoms with Crippen LogP contribution in [-0.4, -0.2) is 76.4 Å². The maximum atomic E-state index is 13.4. The summed E-state index contributed by atoms with van der Waals surface area (Å²) in [6.07, 6.45) is 1.46. The van der Waals surface area contributed by atoms with Gasteiger partial charge >= 0.3 is 0 Å². The van der Waals surface area contributed by atoms with E-state index in [1.807, 2.05) is 6.07 Å². The van der Waals surface area contributed by atoms with E-state index < -0.39 is 6.04 Å². The van der Waals surface area contributed by atoms with Crippen LogP contribution in [0, 0.1) is 5.92 Å². The number of hydrogen-bond donors (Lipinski definition) is 2. The van der Waals surface area contributed by atoms with Crippen molar-refractivity contribution in [2.45, 2.75) is 31.7 Å². The van der Waals surface area contributed by atoms with E-state index in [2.05, 4.69) is 5.32 Å². The van der Waals surface area contributed by atoms with E-state index in [0.29, 0.717) is 32.6 Å². The van der Waals surface area contributed by atoms with Gasteiger partial charge in [0.25, 0.3) is 12.0 Å². The Kier molecular flexibility index (Phi) is 6.53. The van der Waals surface area contributed by atoms with Gasteiger partial charge in [-0.15, -0.1) is 0 Å². The molecule has 3 amide bonds. The van der Waals surface area contributed by atoms with Crippen LogP contribution in [0.5, 0.6) is 0 Å². The molecule has 0 unspecified atom stereocenters. The molecular weight excluding hydrogens is 392 g/mol. The van der Waals surface area contributed by atoms with Gasteiger partial charge in [-0.05, 0) is 18.9 Å². The first-order chi connectivity index (χ1) is 14.4. The lowest BCUT2D eigenvalue weighted by atomic mass is 9.78. The Labute approximate surface area is 173 Å². The van der Waals surface area contributed by atoms with E-state index in [-0.39, 0.29) is 48.1 Å². The molecule has 4 rings (SSSR count). The summed E-state index contributed by atoms with van der Waals surface area (Å²) in [5.41, 5.74) is 0.610. The van der Waals surface area contributed by atoms with Crippen LogP contribution in [0.15, 0.2) is 23.0 Å². The topological polar surface area (TPSA) is 129 Å². The number of nitrogens with zero attached hydrogens (tertiary/aromatic N) is 3. The fourth-order valence-corrected chi connectivity index (χ4v) is 4.69. The fraction of sp³-hybridized carbons (Fsp3) is 0.550. The second-order valence-electron chi connectivity index (χ2n) is 7.79. The van der Waals surface area contributed by atoms with Crippen LogP contribution >= 0.6 is 0 Å². The van der Waals surface area contributed by atoms with Gasteiger partial charge in [-0.1, -0.05) is 6.07 Å². The lowest BCUT2D eigenvalue weighted by Gasteiger charge is -2.46. The lowest BCUT2D eigenvalue weighted by molar-refractivity contribution is -0.143. The zero-order valence-corrected chi connectivity index (χ0v) is 16.8. The van der Waals surface area contributed by atoms with Crippen molar-refractivity contribution in [2.75, 3.05) is 32.7 Å². The highest BCUT2D eigenvalue weighted by Crippen LogP contribution is 2.41. The van der Waals surface area contributed by atoms with Gasteiger partial charge < -0.3 is 20.2 Å². The van der Waals surface area contributed by atoms with Gasteiger partial charge in [0.2, 0.25) is 17.7 Å². The van der Waals surface area contributed by atoms with Crippen LogP contribution in [0.4, 0.5) is 0 Å². The molecule has 10 heteroatoms. The Morgan fingerprint density at radius 2 is 1.93 bits per heavy atom. The molecule has 0 saturated carbocycles. The molecule has 3 aliphatic rings. The summed E-state index contributed by atoms with van der Waals surface area (Å²) in [5, 5.41) is 9.66. The summed E-state index contributed by atoms with van der Waals surface area (Å²) in [7, 11) is 0. The Hall–Kier alpha value is -3.17. The van der Waals surface area contributed by atoms with Gasteiger partial charge in [-0.3, -0.25) is 28.5 Å². The van der Waals surface area contributed by atoms with Crippen molar-refractivity contribution in [1.82, 2.24) is 19.7 Å². The molecule has 0 aromatic carbocycles. The third-order valence-corrected chi connectivity index (χ3v) is 5.92. The number of pyridine rings is 1. The molecule has 4 heterocycles. The molecular formula is C20H26N4O6. The molecule has 0 spiro atoms. The van der Waals surface area contributed by atoms with E-state index >= 15 is 0 Å². The molecule has 2 N–H and O–H groups in total. The molecule has 2 bridgehead atoms. The van der Waals surface area contributed by atoms with Crippen molar-refractivity contribution in [2.24, 2.45) is 5.92 Å². The highest BCUT2D eigenvalue weighted by Gasteiger charge is 2.45. The molecule has 2 saturated heterocycles. The minimum Gasteiger partial charge on any atom is -0.483 e. The monoisotopic (exact) mass is 418 g/mol. The summed E-state index contributed by atoms with van der Waals surface area (Å²) in [5.74, 6) is -0.464. The molecule has 1 aromatic rings. The molecule has 0 aliphatic carbocycles. The van der Waals surface area contributed by atoms with Crippen molar-refractivity contribution in [3.63, 3.8) is 0 Å². The van der Waals surface area contributed by atoms with E-state index in [4.69, 9.17) is 9.90 Å². The number of carboxylic acid groups (broad SMARTS) is 1. The maximum absolute atomic E-state index is 13.4. The van der Waals surface area contributed by atoms with Crippen molar-refractivity contribution in [3.8, 4) is 0 Å². The Bertz CT molecular complexity index is 898. The number of hydrogen-bond acceptors (Lipinski definition) is 5. The highest BCUT2D eigenvalue weighted by molar-refractivity contribution is 5.87. The Morgan fingerprint density at radius 3 is 2.63 bits per heavy atom. The minimum absolute atomic E-state index is 0.0127. The average Bonchev–Trinajstić information content (AvgIpc) is 2.93. The summed E-state index contributed by atoms with van der Waals surface area (Å²) >= 11 is 0. The van der Waals surface area contributed by atoms with Crippen molar-refractivity contribution >= 4 is 24.2 Å². The number of piperidine rings is 1. The maximum Gasteiger partial charge on any atom is 0.290 e. The third kappa shape index (κ3) is 4.22. The summed E-state index contributed by atoms with van der Waals surface area (Å²) < 4.78 is 1.61. The van der Waals surface area contributed by atoms with E-state index in [0.717, 1.165) is 12.1 Å². The summed E-state index contributed by atoms with van der Waals surface area (Å²) in [6.45, 7) is 3.37. The number of fused-ring (bicyclic) bond motifs is 4. The molecule has 162 valence electrons. The van der Waals surface area contributed by atoms with Gasteiger partial charge in [-0.25, -0.2) is 0 Å². The number of nitrogens with one attached hydrogen (secondary N) is 1. The van der Waals surface area contributed by atoms with Gasteiger partial charge in [0, 0.05) is 56.7 Å². The quantitative estimate of drug-likeness (QED) is 0.586. The second kappa shape index (κ2) is 9.10. The number of amides is 3. The predicted octanol–water partition coefficient (Wildman–Crippen LogP) is -0.596. The van der Waals surface area contributed by atoms with Crippen LogP contribution in [-0.2, 0) is 19.2 Å². The summed E-state index contributed by atoms with van der Waals surface area (Å²) in [6, 6.07) is 4.39. The first kappa shape index (κ1) is 21.5. The van der Waals surface area contributed by atoms with Gasteiger partial charge in [-0.2, -0.15) is 0 Å². The number of aromatic nitrogens is 1. The molecule has 0 radical (unpaired) electrons. The Morgan fingerprint density at radius 1 is 1.20 bits per heavy atom. The SMILES string of the molecule is CC(=O)N1C[C@H]2C[C@@H](C1)[C@H](C(=O)N1CCCNC(=O)C1)n1c2cccc1=O.O=CO. The van der Waals surface area contributed by atoms with E-state index in [1.165, 1.54) is 13.0 Å². The molecule has 2 fully saturated rings. The van der Waals surface area contributed by atoms with Crippen molar-refractivity contribution in [3.05, 3.63) is 34.2 Å². The lowest BCUT2D eigenvalue weighted by Crippen LogP contribution is -2.55. The number of carbonyl (C=O) groups excluding carboxylic acids is 3. The van der Waals surface area contributed by atoms with E-state index in [9.17, 15) is 19.2 Å². The van der Waals surface area contributed by atoms with Crippen molar-refractivity contribution in [1.29, 1.82) is 0 Å². The first-order valence-electron chi connectivity index (χ1n) is 9.97. The van der Waals surface area contributed by atoms with Crippen LogP contribution in [0.25, 0.3) is 0 Å². The highest BCUT2D eigenvalue weighted by atomic mass is 16.3. The van der Waals surface area contributed by atoms with Gasteiger partial charge in [0.1, 0.15) is 6.04 Å². The third-order valence-electron chi connectivity index (χ3n) is 5.92. The smallest absolute Gasteiger partial charge is 0.290 e. The largest absolute Gasteiger partial charge is 0.483 e. The van der Waals surface area contributed by atoms with Crippen LogP contribution in [0.1, 0.15) is 37.4 Å². The zero-order valence-electron chi connectivity index (χ0n) is 16.8. The first-order valence-corrected chi connectivity index (χ1v) is 9.97. The Balaban J connectivity index is 0.000000806. The number of carbonyl (C=O) groups is 4. The van der Waals surface area contributed by atoms with Gasteiger partial charge in [0.05, 0.1) is 6.54 Å². The van der Waals surface area contributed by atoms with E-state index in [1.54, 1.807) is 20.4 Å². The normalized spacial score (nSPS) is 25.1.